The van der Waals surface area contributed by atoms with E-state index in [0.29, 0.717) is 24.0 Å². The molecule has 6 nitrogen and oxygen atoms in total. The number of carbonyl (C=O) groups is 2. The van der Waals surface area contributed by atoms with Gasteiger partial charge >= 0.3 is 0 Å². The van der Waals surface area contributed by atoms with Crippen LogP contribution in [0.25, 0.3) is 0 Å². The molecule has 2 aromatic rings. The largest absolute Gasteiger partial charge is 0.492 e. The van der Waals surface area contributed by atoms with E-state index in [9.17, 15) is 9.59 Å². The molecular formula is C20H23N3O3S. The Hall–Kier alpha value is -2.41. The van der Waals surface area contributed by atoms with E-state index in [0.717, 1.165) is 30.6 Å². The van der Waals surface area contributed by atoms with E-state index in [1.807, 2.05) is 31.2 Å². The second-order valence-corrected chi connectivity index (χ2v) is 7.97. The van der Waals surface area contributed by atoms with Gasteiger partial charge in [-0.15, -0.1) is 11.3 Å². The van der Waals surface area contributed by atoms with Crippen LogP contribution in [0.3, 0.4) is 0 Å². The lowest BCUT2D eigenvalue weighted by Gasteiger charge is -2.20. The van der Waals surface area contributed by atoms with Crippen molar-refractivity contribution >= 4 is 34.0 Å². The van der Waals surface area contributed by atoms with Crippen LogP contribution < -0.4 is 15.0 Å². The normalized spacial score (nSPS) is 19.1. The third-order valence-electron chi connectivity index (χ3n) is 5.03. The summed E-state index contributed by atoms with van der Waals surface area (Å²) < 4.78 is 5.63. The van der Waals surface area contributed by atoms with Crippen LogP contribution in [0.1, 0.15) is 36.8 Å². The Morgan fingerprint density at radius 3 is 2.96 bits per heavy atom. The minimum absolute atomic E-state index is 0.0549. The van der Waals surface area contributed by atoms with Crippen molar-refractivity contribution in [2.75, 3.05) is 23.4 Å². The zero-order valence-corrected chi connectivity index (χ0v) is 16.2. The first-order valence-electron chi connectivity index (χ1n) is 9.47. The van der Waals surface area contributed by atoms with Crippen molar-refractivity contribution in [1.29, 1.82) is 0 Å². The fraction of sp³-hybridized carbons (Fsp3) is 0.450. The van der Waals surface area contributed by atoms with Crippen LogP contribution >= 0.6 is 11.3 Å². The lowest BCUT2D eigenvalue weighted by molar-refractivity contribution is -0.122. The van der Waals surface area contributed by atoms with Gasteiger partial charge in [0.2, 0.25) is 11.8 Å². The number of amides is 2. The Morgan fingerprint density at radius 1 is 1.33 bits per heavy atom. The highest BCUT2D eigenvalue weighted by Gasteiger charge is 2.36. The van der Waals surface area contributed by atoms with E-state index in [4.69, 9.17) is 4.74 Å². The SMILES string of the molecule is CCOc1ccccc1N1CC(C(=O)Nc2nc3c(s2)CCCC3)CC1=O. The number of nitrogens with one attached hydrogen (secondary N) is 1. The third-order valence-corrected chi connectivity index (χ3v) is 6.10. The molecule has 4 rings (SSSR count). The lowest BCUT2D eigenvalue weighted by atomic mass is 10.0. The Kier molecular flexibility index (Phi) is 5.11. The fourth-order valence-corrected chi connectivity index (χ4v) is 4.74. The van der Waals surface area contributed by atoms with E-state index in [-0.39, 0.29) is 24.2 Å². The molecule has 27 heavy (non-hydrogen) atoms. The topological polar surface area (TPSA) is 71.5 Å². The molecule has 2 heterocycles. The first kappa shape index (κ1) is 18.0. The van der Waals surface area contributed by atoms with Crippen LogP contribution in [0, 0.1) is 5.92 Å². The minimum Gasteiger partial charge on any atom is -0.492 e. The van der Waals surface area contributed by atoms with Crippen LogP contribution in [0.4, 0.5) is 10.8 Å². The average molecular weight is 385 g/mol. The molecule has 1 saturated heterocycles. The molecule has 0 saturated carbocycles. The monoisotopic (exact) mass is 385 g/mol. The number of hydrogen-bond acceptors (Lipinski definition) is 5. The molecule has 1 fully saturated rings. The number of ether oxygens (including phenoxy) is 1. The maximum atomic E-state index is 12.7. The maximum Gasteiger partial charge on any atom is 0.231 e. The van der Waals surface area contributed by atoms with Crippen molar-refractivity contribution in [1.82, 2.24) is 4.98 Å². The summed E-state index contributed by atoms with van der Waals surface area (Å²) in [6.45, 7) is 2.80. The molecule has 0 bridgehead atoms. The first-order chi connectivity index (χ1) is 13.2. The van der Waals surface area contributed by atoms with Gasteiger partial charge in [-0.25, -0.2) is 4.98 Å². The predicted octanol–water partition coefficient (Wildman–Crippen LogP) is 3.41. The van der Waals surface area contributed by atoms with Crippen LogP contribution in [0.2, 0.25) is 0 Å². The number of carbonyl (C=O) groups excluding carboxylic acids is 2. The molecule has 1 aromatic carbocycles. The van der Waals surface area contributed by atoms with Gasteiger partial charge in [-0.05, 0) is 44.7 Å². The van der Waals surface area contributed by atoms with Crippen molar-refractivity contribution in [3.63, 3.8) is 0 Å². The minimum atomic E-state index is -0.381. The van der Waals surface area contributed by atoms with Gasteiger partial charge in [0.1, 0.15) is 5.75 Å². The van der Waals surface area contributed by atoms with Crippen LogP contribution in [0.15, 0.2) is 24.3 Å². The summed E-state index contributed by atoms with van der Waals surface area (Å²) in [4.78, 5) is 32.7. The van der Waals surface area contributed by atoms with Crippen molar-refractivity contribution in [3.8, 4) is 5.75 Å². The Bertz CT molecular complexity index is 840. The molecular weight excluding hydrogens is 362 g/mol. The molecule has 1 aliphatic heterocycles. The molecule has 7 heteroatoms. The number of rotatable bonds is 5. The van der Waals surface area contributed by atoms with Crippen molar-refractivity contribution in [2.45, 2.75) is 39.0 Å². The molecule has 142 valence electrons. The number of fused-ring (bicyclic) bond motifs is 1. The van der Waals surface area contributed by atoms with Crippen LogP contribution in [0.5, 0.6) is 5.75 Å². The fourth-order valence-electron chi connectivity index (χ4n) is 3.69. The zero-order valence-electron chi connectivity index (χ0n) is 15.4. The summed E-state index contributed by atoms with van der Waals surface area (Å²) in [7, 11) is 0. The number of aromatic nitrogens is 1. The number of aryl methyl sites for hydroxylation is 2. The molecule has 0 radical (unpaired) electrons. The maximum absolute atomic E-state index is 12.7. The highest BCUT2D eigenvalue weighted by atomic mass is 32.1. The van der Waals surface area contributed by atoms with Gasteiger partial charge in [0, 0.05) is 17.8 Å². The zero-order chi connectivity index (χ0) is 18.8. The summed E-state index contributed by atoms with van der Waals surface area (Å²) in [6.07, 6.45) is 4.60. The van der Waals surface area contributed by atoms with E-state index in [2.05, 4.69) is 10.3 Å². The van der Waals surface area contributed by atoms with Crippen molar-refractivity contribution in [3.05, 3.63) is 34.8 Å². The summed E-state index contributed by atoms with van der Waals surface area (Å²) in [5.41, 5.74) is 1.85. The number of para-hydroxylation sites is 2. The number of anilines is 2. The van der Waals surface area contributed by atoms with Gasteiger partial charge in [0.25, 0.3) is 0 Å². The van der Waals surface area contributed by atoms with E-state index in [1.54, 1.807) is 16.2 Å². The van der Waals surface area contributed by atoms with Gasteiger partial charge in [0.05, 0.1) is 23.9 Å². The lowest BCUT2D eigenvalue weighted by Crippen LogP contribution is -2.28. The van der Waals surface area contributed by atoms with Gasteiger partial charge < -0.3 is 15.0 Å². The number of nitrogens with zero attached hydrogens (tertiary/aromatic N) is 2. The summed E-state index contributed by atoms with van der Waals surface area (Å²) in [5, 5.41) is 3.59. The van der Waals surface area contributed by atoms with E-state index < -0.39 is 0 Å². The Labute approximate surface area is 162 Å². The molecule has 1 aromatic heterocycles. The second-order valence-electron chi connectivity index (χ2n) is 6.89. The summed E-state index contributed by atoms with van der Waals surface area (Å²) >= 11 is 1.57. The number of benzene rings is 1. The predicted molar refractivity (Wildman–Crippen MR) is 105 cm³/mol. The molecule has 2 aliphatic rings. The molecule has 0 spiro atoms. The van der Waals surface area contributed by atoms with E-state index >= 15 is 0 Å². The van der Waals surface area contributed by atoms with Crippen molar-refractivity contribution in [2.24, 2.45) is 5.92 Å². The first-order valence-corrected chi connectivity index (χ1v) is 10.3. The highest BCUT2D eigenvalue weighted by Crippen LogP contribution is 2.34. The molecule has 2 amide bonds. The van der Waals surface area contributed by atoms with Gasteiger partial charge in [0.15, 0.2) is 5.13 Å². The van der Waals surface area contributed by atoms with Crippen LogP contribution in [-0.2, 0) is 22.4 Å². The standard InChI is InChI=1S/C20H23N3O3S/c1-2-26-16-9-5-4-8-15(16)23-12-13(11-18(23)24)19(25)22-20-21-14-7-3-6-10-17(14)27-20/h4-5,8-9,13H,2-3,6-7,10-12H2,1H3,(H,21,22,25). The average Bonchev–Trinajstić information content (AvgIpc) is 3.25. The van der Waals surface area contributed by atoms with Gasteiger partial charge in [-0.3, -0.25) is 9.59 Å². The number of hydrogen-bond donors (Lipinski definition) is 1. The molecule has 1 unspecified atom stereocenters. The summed E-state index contributed by atoms with van der Waals surface area (Å²) in [5.74, 6) is 0.0988. The summed E-state index contributed by atoms with van der Waals surface area (Å²) in [6, 6.07) is 7.46. The molecule has 1 aliphatic carbocycles. The quantitative estimate of drug-likeness (QED) is 0.856. The smallest absolute Gasteiger partial charge is 0.231 e. The van der Waals surface area contributed by atoms with Gasteiger partial charge in [-0.2, -0.15) is 0 Å². The number of thiazole rings is 1. The van der Waals surface area contributed by atoms with Crippen molar-refractivity contribution < 1.29 is 14.3 Å². The molecule has 1 N–H and O–H groups in total. The van der Waals surface area contributed by atoms with Gasteiger partial charge in [-0.1, -0.05) is 12.1 Å². The second kappa shape index (κ2) is 7.68. The van der Waals surface area contributed by atoms with E-state index in [1.165, 1.54) is 11.3 Å². The Morgan fingerprint density at radius 2 is 2.15 bits per heavy atom. The molecule has 1 atom stereocenters. The highest BCUT2D eigenvalue weighted by molar-refractivity contribution is 7.15. The third kappa shape index (κ3) is 3.69. The Balaban J connectivity index is 1.46. The van der Waals surface area contributed by atoms with Crippen LogP contribution in [-0.4, -0.2) is 29.9 Å².